The highest BCUT2D eigenvalue weighted by molar-refractivity contribution is 5.91. The van der Waals surface area contributed by atoms with E-state index in [1.165, 1.54) is 10.8 Å². The molecule has 0 N–H and O–H groups in total. The molecule has 0 unspecified atom stereocenters. The Balaban J connectivity index is 1.50. The van der Waals surface area contributed by atoms with Crippen molar-refractivity contribution in [2.24, 2.45) is 0 Å². The molecule has 0 bridgehead atoms. The summed E-state index contributed by atoms with van der Waals surface area (Å²) >= 11 is 0. The van der Waals surface area contributed by atoms with Gasteiger partial charge in [-0.25, -0.2) is 4.68 Å². The van der Waals surface area contributed by atoms with E-state index in [1.54, 1.807) is 35.2 Å². The summed E-state index contributed by atoms with van der Waals surface area (Å²) in [6.45, 7) is 1.04. The predicted molar refractivity (Wildman–Crippen MR) is 103 cm³/mol. The van der Waals surface area contributed by atoms with Crippen molar-refractivity contribution in [3.8, 4) is 0 Å². The van der Waals surface area contributed by atoms with E-state index in [2.05, 4.69) is 39.6 Å². The fourth-order valence-electron chi connectivity index (χ4n) is 3.11. The minimum absolute atomic E-state index is 0.164. The maximum Gasteiger partial charge on any atom is 0.276 e. The minimum atomic E-state index is -0.164. The fraction of sp³-hybridized carbons (Fsp3) is 0.143. The van der Waals surface area contributed by atoms with Gasteiger partial charge in [-0.15, -0.1) is 5.10 Å². The number of fused-ring (bicyclic) bond motifs is 1. The number of pyridine rings is 1. The quantitative estimate of drug-likeness (QED) is 0.550. The lowest BCUT2D eigenvalue weighted by Crippen LogP contribution is -2.26. The molecule has 2 aromatic heterocycles. The molecule has 27 heavy (non-hydrogen) atoms. The van der Waals surface area contributed by atoms with Crippen LogP contribution in [-0.4, -0.2) is 37.8 Å². The van der Waals surface area contributed by atoms with Gasteiger partial charge < -0.3 is 4.90 Å². The summed E-state index contributed by atoms with van der Waals surface area (Å²) in [6, 6.07) is 18.2. The molecule has 0 radical (unpaired) electrons. The second-order valence-electron chi connectivity index (χ2n) is 6.46. The normalized spacial score (nSPS) is 10.9. The summed E-state index contributed by atoms with van der Waals surface area (Å²) in [7, 11) is 1.75. The molecule has 6 heteroatoms. The molecule has 0 saturated heterocycles. The van der Waals surface area contributed by atoms with Crippen LogP contribution in [0.25, 0.3) is 10.8 Å². The van der Waals surface area contributed by atoms with Gasteiger partial charge >= 0.3 is 0 Å². The van der Waals surface area contributed by atoms with E-state index in [4.69, 9.17) is 0 Å². The maximum absolute atomic E-state index is 12.6. The van der Waals surface area contributed by atoms with Crippen LogP contribution in [0.2, 0.25) is 0 Å². The Bertz CT molecular complexity index is 1070. The van der Waals surface area contributed by atoms with Gasteiger partial charge in [-0.3, -0.25) is 9.78 Å². The van der Waals surface area contributed by atoms with Crippen molar-refractivity contribution < 1.29 is 4.79 Å². The number of carbonyl (C=O) groups excluding carboxylic acids is 1. The third-order valence-corrected chi connectivity index (χ3v) is 4.46. The molecule has 0 atom stereocenters. The van der Waals surface area contributed by atoms with Crippen LogP contribution in [0.4, 0.5) is 0 Å². The number of nitrogens with zero attached hydrogens (tertiary/aromatic N) is 5. The number of carbonyl (C=O) groups is 1. The third-order valence-electron chi connectivity index (χ3n) is 4.46. The Kier molecular flexibility index (Phi) is 4.61. The highest BCUT2D eigenvalue weighted by Gasteiger charge is 2.16. The molecule has 0 saturated carbocycles. The van der Waals surface area contributed by atoms with Gasteiger partial charge in [0.2, 0.25) is 0 Å². The number of benzene rings is 2. The zero-order valence-corrected chi connectivity index (χ0v) is 15.0. The fourth-order valence-corrected chi connectivity index (χ4v) is 3.11. The van der Waals surface area contributed by atoms with Crippen LogP contribution in [0, 0.1) is 0 Å². The number of rotatable bonds is 5. The molecular formula is C21H19N5O. The van der Waals surface area contributed by atoms with Crippen LogP contribution in [0.5, 0.6) is 0 Å². The average Bonchev–Trinajstić information content (AvgIpc) is 3.17. The van der Waals surface area contributed by atoms with Crippen molar-refractivity contribution >= 4 is 16.7 Å². The first-order chi connectivity index (χ1) is 13.2. The lowest BCUT2D eigenvalue weighted by atomic mass is 10.0. The molecular weight excluding hydrogens is 338 g/mol. The molecule has 6 nitrogen and oxygen atoms in total. The van der Waals surface area contributed by atoms with Crippen molar-refractivity contribution in [2.45, 2.75) is 13.1 Å². The van der Waals surface area contributed by atoms with Gasteiger partial charge in [0, 0.05) is 26.0 Å². The molecule has 134 valence electrons. The van der Waals surface area contributed by atoms with Crippen LogP contribution in [0.1, 0.15) is 21.6 Å². The van der Waals surface area contributed by atoms with E-state index in [0.29, 0.717) is 18.8 Å². The van der Waals surface area contributed by atoms with Crippen molar-refractivity contribution in [3.63, 3.8) is 0 Å². The van der Waals surface area contributed by atoms with E-state index >= 15 is 0 Å². The van der Waals surface area contributed by atoms with Crippen LogP contribution < -0.4 is 0 Å². The SMILES string of the molecule is CN(Cc1cccnc1)C(=O)c1cn(Cc2cccc3ccccc23)nn1. The highest BCUT2D eigenvalue weighted by atomic mass is 16.2. The molecule has 2 aromatic carbocycles. The molecule has 1 amide bonds. The summed E-state index contributed by atoms with van der Waals surface area (Å²) < 4.78 is 1.70. The molecule has 0 aliphatic carbocycles. The third kappa shape index (κ3) is 3.69. The first-order valence-electron chi connectivity index (χ1n) is 8.72. The van der Waals surface area contributed by atoms with Gasteiger partial charge in [0.1, 0.15) is 0 Å². The average molecular weight is 357 g/mol. The Morgan fingerprint density at radius 3 is 2.78 bits per heavy atom. The maximum atomic E-state index is 12.6. The van der Waals surface area contributed by atoms with Crippen LogP contribution in [-0.2, 0) is 13.1 Å². The zero-order chi connectivity index (χ0) is 18.6. The van der Waals surface area contributed by atoms with E-state index in [1.807, 2.05) is 30.3 Å². The Morgan fingerprint density at radius 1 is 1.07 bits per heavy atom. The van der Waals surface area contributed by atoms with Gasteiger partial charge in [0.25, 0.3) is 5.91 Å². The van der Waals surface area contributed by atoms with Gasteiger partial charge in [0.05, 0.1) is 12.7 Å². The number of aromatic nitrogens is 4. The van der Waals surface area contributed by atoms with Crippen molar-refractivity contribution in [2.75, 3.05) is 7.05 Å². The smallest absolute Gasteiger partial charge is 0.276 e. The van der Waals surface area contributed by atoms with Crippen LogP contribution in [0.3, 0.4) is 0 Å². The minimum Gasteiger partial charge on any atom is -0.336 e. The second kappa shape index (κ2) is 7.37. The first-order valence-corrected chi connectivity index (χ1v) is 8.72. The largest absolute Gasteiger partial charge is 0.336 e. The first kappa shape index (κ1) is 16.9. The number of hydrogen-bond acceptors (Lipinski definition) is 4. The molecule has 4 rings (SSSR count). The summed E-state index contributed by atoms with van der Waals surface area (Å²) in [5.41, 5.74) is 2.44. The molecule has 0 aliphatic heterocycles. The predicted octanol–water partition coefficient (Wildman–Crippen LogP) is 3.15. The highest BCUT2D eigenvalue weighted by Crippen LogP contribution is 2.19. The van der Waals surface area contributed by atoms with E-state index in [9.17, 15) is 4.79 Å². The standard InChI is InChI=1S/C21H19N5O/c1-25(13-16-6-5-11-22-12-16)21(27)20-15-26(24-23-20)14-18-9-4-8-17-7-2-3-10-19(17)18/h2-12,15H,13-14H2,1H3. The van der Waals surface area contributed by atoms with E-state index in [0.717, 1.165) is 11.1 Å². The molecule has 2 heterocycles. The molecule has 0 fully saturated rings. The van der Waals surface area contributed by atoms with Crippen molar-refractivity contribution in [1.82, 2.24) is 24.9 Å². The Labute approximate surface area is 157 Å². The Hall–Kier alpha value is -3.54. The van der Waals surface area contributed by atoms with Gasteiger partial charge in [0.15, 0.2) is 5.69 Å². The van der Waals surface area contributed by atoms with Crippen LogP contribution >= 0.6 is 0 Å². The van der Waals surface area contributed by atoms with Crippen molar-refractivity contribution in [3.05, 3.63) is 90.0 Å². The monoisotopic (exact) mass is 357 g/mol. The summed E-state index contributed by atoms with van der Waals surface area (Å²) in [4.78, 5) is 18.3. The number of hydrogen-bond donors (Lipinski definition) is 0. The summed E-state index contributed by atoms with van der Waals surface area (Å²) in [5, 5.41) is 10.6. The van der Waals surface area contributed by atoms with Gasteiger partial charge in [-0.05, 0) is 28.0 Å². The lowest BCUT2D eigenvalue weighted by molar-refractivity contribution is 0.0779. The second-order valence-corrected chi connectivity index (χ2v) is 6.46. The summed E-state index contributed by atoms with van der Waals surface area (Å²) in [6.07, 6.45) is 5.16. The van der Waals surface area contributed by atoms with Crippen molar-refractivity contribution in [1.29, 1.82) is 0 Å². The Morgan fingerprint density at radius 2 is 1.93 bits per heavy atom. The van der Waals surface area contributed by atoms with Gasteiger partial charge in [-0.1, -0.05) is 53.7 Å². The molecule has 0 aliphatic rings. The van der Waals surface area contributed by atoms with Gasteiger partial charge in [-0.2, -0.15) is 0 Å². The van der Waals surface area contributed by atoms with E-state index < -0.39 is 0 Å². The number of amides is 1. The molecule has 4 aromatic rings. The summed E-state index contributed by atoms with van der Waals surface area (Å²) in [5.74, 6) is -0.164. The molecule has 0 spiro atoms. The topological polar surface area (TPSA) is 63.9 Å². The van der Waals surface area contributed by atoms with E-state index in [-0.39, 0.29) is 5.91 Å². The van der Waals surface area contributed by atoms with Crippen LogP contribution in [0.15, 0.2) is 73.2 Å². The lowest BCUT2D eigenvalue weighted by Gasteiger charge is -2.15. The zero-order valence-electron chi connectivity index (χ0n) is 15.0.